The second-order valence-corrected chi connectivity index (χ2v) is 9.66. The number of hydrogen-bond donors (Lipinski definition) is 0. The van der Waals surface area contributed by atoms with Gasteiger partial charge in [0.2, 0.25) is 0 Å². The molecule has 8 nitrogen and oxygen atoms in total. The molecule has 0 amide bonds. The van der Waals surface area contributed by atoms with Crippen LogP contribution in [0.4, 0.5) is 5.69 Å². The van der Waals surface area contributed by atoms with E-state index < -0.39 is 22.6 Å². The molecule has 1 aliphatic rings. The number of anilines is 1. The van der Waals surface area contributed by atoms with Crippen molar-refractivity contribution in [3.8, 4) is 11.5 Å². The van der Waals surface area contributed by atoms with Crippen molar-refractivity contribution in [2.24, 2.45) is 0 Å². The Morgan fingerprint density at radius 3 is 2.18 bits per heavy atom. The molecule has 0 saturated carbocycles. The van der Waals surface area contributed by atoms with Crippen molar-refractivity contribution in [3.05, 3.63) is 83.4 Å². The Labute approximate surface area is 197 Å². The molecule has 0 saturated heterocycles. The van der Waals surface area contributed by atoms with Gasteiger partial charge in [-0.3, -0.25) is 9.10 Å². The van der Waals surface area contributed by atoms with Crippen LogP contribution in [0.2, 0.25) is 0 Å². The van der Waals surface area contributed by atoms with Crippen molar-refractivity contribution in [1.29, 1.82) is 0 Å². The highest BCUT2D eigenvalue weighted by Gasteiger charge is 2.22. The van der Waals surface area contributed by atoms with Crippen LogP contribution < -0.4 is 13.8 Å². The van der Waals surface area contributed by atoms with Crippen molar-refractivity contribution in [3.63, 3.8) is 0 Å². The molecule has 0 atom stereocenters. The van der Waals surface area contributed by atoms with Crippen molar-refractivity contribution >= 4 is 27.5 Å². The number of carbonyl (C=O) groups is 2. The summed E-state index contributed by atoms with van der Waals surface area (Å²) in [7, 11) is -2.31. The molecular formula is C25H23NO7S. The molecule has 4 rings (SSSR count). The molecule has 0 radical (unpaired) electrons. The summed E-state index contributed by atoms with van der Waals surface area (Å²) in [5, 5.41) is 0. The van der Waals surface area contributed by atoms with Gasteiger partial charge in [0, 0.05) is 12.6 Å². The third kappa shape index (κ3) is 4.89. The van der Waals surface area contributed by atoms with Gasteiger partial charge in [0.05, 0.1) is 16.1 Å². The normalized spacial score (nSPS) is 12.6. The lowest BCUT2D eigenvalue weighted by molar-refractivity contribution is 0.0474. The average molecular weight is 482 g/mol. The van der Waals surface area contributed by atoms with Crippen molar-refractivity contribution in [2.45, 2.75) is 11.8 Å². The van der Waals surface area contributed by atoms with Crippen LogP contribution in [-0.4, -0.2) is 47.0 Å². The number of hydrogen-bond acceptors (Lipinski definition) is 7. The average Bonchev–Trinajstić information content (AvgIpc) is 2.86. The number of esters is 1. The minimum Gasteiger partial charge on any atom is -0.486 e. The predicted octanol–water partition coefficient (Wildman–Crippen LogP) is 3.63. The number of fused-ring (bicyclic) bond motifs is 1. The summed E-state index contributed by atoms with van der Waals surface area (Å²) in [4.78, 5) is 25.0. The van der Waals surface area contributed by atoms with E-state index in [0.717, 1.165) is 9.87 Å². The van der Waals surface area contributed by atoms with Crippen LogP contribution in [-0.2, 0) is 14.8 Å². The number of rotatable bonds is 7. The maximum absolute atomic E-state index is 12.8. The summed E-state index contributed by atoms with van der Waals surface area (Å²) in [5.41, 5.74) is 1.87. The molecule has 0 aliphatic carbocycles. The van der Waals surface area contributed by atoms with Crippen molar-refractivity contribution in [1.82, 2.24) is 0 Å². The number of Topliss-reactive ketones (excluding diaryl/α,β-unsaturated/α-hetero) is 1. The van der Waals surface area contributed by atoms with Crippen LogP contribution in [0.1, 0.15) is 26.3 Å². The predicted molar refractivity (Wildman–Crippen MR) is 125 cm³/mol. The van der Waals surface area contributed by atoms with E-state index in [9.17, 15) is 18.0 Å². The molecule has 34 heavy (non-hydrogen) atoms. The van der Waals surface area contributed by atoms with Gasteiger partial charge in [-0.2, -0.15) is 0 Å². The quantitative estimate of drug-likeness (QED) is 0.375. The molecule has 0 fully saturated rings. The third-order valence-corrected chi connectivity index (χ3v) is 7.14. The van der Waals surface area contributed by atoms with Crippen LogP contribution >= 0.6 is 0 Å². The van der Waals surface area contributed by atoms with Gasteiger partial charge in [0.15, 0.2) is 23.9 Å². The maximum atomic E-state index is 12.8. The standard InChI is InChI=1S/C25H23NO7S/c1-17-3-10-21(11-4-17)34(29,30)26(2)20-8-5-18(6-9-20)25(28)33-16-22(27)19-7-12-23-24(15-19)32-14-13-31-23/h3-12,15H,13-14,16H2,1-2H3. The molecule has 0 spiro atoms. The van der Waals surface area contributed by atoms with Crippen molar-refractivity contribution < 1.29 is 32.2 Å². The monoisotopic (exact) mass is 481 g/mol. The summed E-state index contributed by atoms with van der Waals surface area (Å²) in [5.74, 6) is -0.0367. The first-order chi connectivity index (χ1) is 16.3. The van der Waals surface area contributed by atoms with Gasteiger partial charge in [-0.25, -0.2) is 13.2 Å². The number of ether oxygens (including phenoxy) is 3. The Morgan fingerprint density at radius 2 is 1.50 bits per heavy atom. The van der Waals surface area contributed by atoms with Crippen LogP contribution in [0.15, 0.2) is 71.6 Å². The molecule has 3 aromatic carbocycles. The van der Waals surface area contributed by atoms with Crippen LogP contribution in [0.25, 0.3) is 0 Å². The number of benzene rings is 3. The Kier molecular flexibility index (Phi) is 6.56. The first-order valence-electron chi connectivity index (χ1n) is 10.5. The number of nitrogens with zero attached hydrogens (tertiary/aromatic N) is 1. The topological polar surface area (TPSA) is 99.2 Å². The minimum atomic E-state index is -3.75. The highest BCUT2D eigenvalue weighted by atomic mass is 32.2. The molecule has 9 heteroatoms. The van der Waals surface area contributed by atoms with E-state index in [1.807, 2.05) is 6.92 Å². The van der Waals surface area contributed by atoms with E-state index in [2.05, 4.69) is 0 Å². The van der Waals surface area contributed by atoms with Gasteiger partial charge in [-0.05, 0) is 61.5 Å². The SMILES string of the molecule is Cc1ccc(S(=O)(=O)N(C)c2ccc(C(=O)OCC(=O)c3ccc4c(c3)OCCO4)cc2)cc1. The molecular weight excluding hydrogens is 458 g/mol. The van der Waals surface area contributed by atoms with E-state index >= 15 is 0 Å². The molecule has 0 N–H and O–H groups in total. The molecule has 176 valence electrons. The van der Waals surface area contributed by atoms with Crippen LogP contribution in [0, 0.1) is 6.92 Å². The fourth-order valence-corrected chi connectivity index (χ4v) is 4.52. The molecule has 1 aliphatic heterocycles. The summed E-state index contributed by atoms with van der Waals surface area (Å²) in [6, 6.07) is 17.3. The number of sulfonamides is 1. The zero-order valence-electron chi connectivity index (χ0n) is 18.7. The van der Waals surface area contributed by atoms with Gasteiger partial charge in [-0.1, -0.05) is 17.7 Å². The molecule has 0 unspecified atom stereocenters. The van der Waals surface area contributed by atoms with E-state index in [-0.39, 0.29) is 16.2 Å². The van der Waals surface area contributed by atoms with Gasteiger partial charge in [0.1, 0.15) is 13.2 Å². The minimum absolute atomic E-state index is 0.168. The zero-order chi connectivity index (χ0) is 24.3. The highest BCUT2D eigenvalue weighted by Crippen LogP contribution is 2.31. The van der Waals surface area contributed by atoms with Crippen molar-refractivity contribution in [2.75, 3.05) is 31.2 Å². The third-order valence-electron chi connectivity index (χ3n) is 5.34. The van der Waals surface area contributed by atoms with Gasteiger partial charge in [-0.15, -0.1) is 0 Å². The molecule has 3 aromatic rings. The fourth-order valence-electron chi connectivity index (χ4n) is 3.33. The summed E-state index contributed by atoms with van der Waals surface area (Å²) >= 11 is 0. The van der Waals surface area contributed by atoms with E-state index in [1.54, 1.807) is 42.5 Å². The largest absolute Gasteiger partial charge is 0.486 e. The number of carbonyl (C=O) groups excluding carboxylic acids is 2. The second kappa shape index (κ2) is 9.56. The van der Waals surface area contributed by atoms with E-state index in [0.29, 0.717) is 36.0 Å². The van der Waals surface area contributed by atoms with Crippen LogP contribution in [0.3, 0.4) is 0 Å². The summed E-state index contributed by atoms with van der Waals surface area (Å²) < 4.78 is 42.9. The highest BCUT2D eigenvalue weighted by molar-refractivity contribution is 7.92. The zero-order valence-corrected chi connectivity index (χ0v) is 19.5. The van der Waals surface area contributed by atoms with Gasteiger partial charge >= 0.3 is 5.97 Å². The molecule has 0 bridgehead atoms. The number of aryl methyl sites for hydroxylation is 1. The second-order valence-electron chi connectivity index (χ2n) is 7.69. The summed E-state index contributed by atoms with van der Waals surface area (Å²) in [6.07, 6.45) is 0. The molecule has 0 aromatic heterocycles. The fraction of sp³-hybridized carbons (Fsp3) is 0.200. The first kappa shape index (κ1) is 23.3. The Morgan fingerprint density at radius 1 is 0.882 bits per heavy atom. The lowest BCUT2D eigenvalue weighted by Crippen LogP contribution is -2.26. The first-order valence-corrected chi connectivity index (χ1v) is 12.0. The van der Waals surface area contributed by atoms with Crippen LogP contribution in [0.5, 0.6) is 11.5 Å². The van der Waals surface area contributed by atoms with Gasteiger partial charge in [0.25, 0.3) is 10.0 Å². The Bertz CT molecular complexity index is 1320. The van der Waals surface area contributed by atoms with Gasteiger partial charge < -0.3 is 14.2 Å². The Hall–Kier alpha value is -3.85. The molecule has 1 heterocycles. The maximum Gasteiger partial charge on any atom is 0.338 e. The lowest BCUT2D eigenvalue weighted by Gasteiger charge is -2.20. The summed E-state index contributed by atoms with van der Waals surface area (Å²) in [6.45, 7) is 2.28. The van der Waals surface area contributed by atoms with E-state index in [4.69, 9.17) is 14.2 Å². The smallest absolute Gasteiger partial charge is 0.338 e. The Balaban J connectivity index is 1.39. The lowest BCUT2D eigenvalue weighted by atomic mass is 10.1. The van der Waals surface area contributed by atoms with E-state index in [1.165, 1.54) is 31.3 Å². The number of ketones is 1.